The fourth-order valence-corrected chi connectivity index (χ4v) is 1.27. The molecule has 0 aliphatic heterocycles. The van der Waals surface area contributed by atoms with Crippen LogP contribution in [-0.2, 0) is 16.0 Å². The monoisotopic (exact) mass is 397 g/mol. The lowest BCUT2D eigenvalue weighted by Gasteiger charge is -2.03. The van der Waals surface area contributed by atoms with E-state index in [-0.39, 0.29) is 36.3 Å². The summed E-state index contributed by atoms with van der Waals surface area (Å²) in [5, 5.41) is 2.87. The van der Waals surface area contributed by atoms with E-state index >= 15 is 0 Å². The summed E-state index contributed by atoms with van der Waals surface area (Å²) in [7, 11) is 1.61. The number of nitrogens with two attached hydrogens (primary N) is 1. The molecule has 0 bridgehead atoms. The molecule has 0 aliphatic carbocycles. The lowest BCUT2D eigenvalue weighted by Crippen LogP contribution is -2.34. The Morgan fingerprint density at radius 1 is 1.50 bits per heavy atom. The third-order valence-corrected chi connectivity index (χ3v) is 2.16. The molecule has 0 fully saturated rings. The zero-order valence-corrected chi connectivity index (χ0v) is 13.9. The van der Waals surface area contributed by atoms with Crippen LogP contribution in [-0.4, -0.2) is 38.8 Å². The van der Waals surface area contributed by atoms with Crippen molar-refractivity contribution in [3.05, 3.63) is 23.7 Å². The van der Waals surface area contributed by atoms with Crippen LogP contribution in [0.3, 0.4) is 0 Å². The Morgan fingerprint density at radius 3 is 2.90 bits per heavy atom. The minimum absolute atomic E-state index is 0. The number of hydrogen-bond acceptors (Lipinski definition) is 5. The minimum Gasteiger partial charge on any atom is -0.460 e. The summed E-state index contributed by atoms with van der Waals surface area (Å²) >= 11 is 0. The first kappa shape index (κ1) is 18.7. The van der Waals surface area contributed by atoms with Gasteiger partial charge in [-0.2, -0.15) is 0 Å². The van der Waals surface area contributed by atoms with Gasteiger partial charge in [0.1, 0.15) is 12.3 Å². The molecule has 0 amide bonds. The Kier molecular flexibility index (Phi) is 9.82. The number of rotatable bonds is 7. The van der Waals surface area contributed by atoms with E-state index in [1.54, 1.807) is 26.2 Å². The molecule has 0 saturated carbocycles. The summed E-state index contributed by atoms with van der Waals surface area (Å²) in [6.45, 7) is 3.43. The second-order valence-electron chi connectivity index (χ2n) is 3.61. The largest absolute Gasteiger partial charge is 0.460 e. The van der Waals surface area contributed by atoms with Gasteiger partial charge in [-0.25, -0.2) is 9.79 Å². The molecule has 0 spiro atoms. The van der Waals surface area contributed by atoms with E-state index in [9.17, 15) is 4.79 Å². The van der Waals surface area contributed by atoms with Gasteiger partial charge in [0, 0.05) is 13.7 Å². The van der Waals surface area contributed by atoms with Crippen molar-refractivity contribution in [3.8, 4) is 0 Å². The number of nitrogens with one attached hydrogen (secondary N) is 1. The standard InChI is InChI=1S/C12H19N3O4.HI/c1-3-18-11(16)10-5-4-9(19-10)8-15-12(13)14-6-7-17-2;/h4-5H,3,6-8H2,1-2H3,(H3,13,14,15);1H. The van der Waals surface area contributed by atoms with Gasteiger partial charge in [-0.1, -0.05) is 0 Å². The van der Waals surface area contributed by atoms with E-state index in [2.05, 4.69) is 10.3 Å². The first-order chi connectivity index (χ1) is 9.17. The highest BCUT2D eigenvalue weighted by molar-refractivity contribution is 14.0. The van der Waals surface area contributed by atoms with Crippen molar-refractivity contribution in [2.75, 3.05) is 26.9 Å². The Hall–Kier alpha value is -1.29. The van der Waals surface area contributed by atoms with E-state index in [0.717, 1.165) is 0 Å². The van der Waals surface area contributed by atoms with Crippen LogP contribution in [0, 0.1) is 0 Å². The van der Waals surface area contributed by atoms with Crippen molar-refractivity contribution in [3.63, 3.8) is 0 Å². The first-order valence-electron chi connectivity index (χ1n) is 5.96. The zero-order valence-electron chi connectivity index (χ0n) is 11.5. The van der Waals surface area contributed by atoms with E-state index < -0.39 is 5.97 Å². The first-order valence-corrected chi connectivity index (χ1v) is 5.96. The molecule has 0 aromatic carbocycles. The maximum Gasteiger partial charge on any atom is 0.374 e. The summed E-state index contributed by atoms with van der Waals surface area (Å²) < 4.78 is 15.0. The van der Waals surface area contributed by atoms with Gasteiger partial charge in [0.15, 0.2) is 5.96 Å². The van der Waals surface area contributed by atoms with Crippen molar-refractivity contribution < 1.29 is 18.7 Å². The Bertz CT molecular complexity index is 434. The normalized spacial score (nSPS) is 10.8. The summed E-state index contributed by atoms with van der Waals surface area (Å²) in [6, 6.07) is 3.22. The number of ether oxygens (including phenoxy) is 2. The van der Waals surface area contributed by atoms with Gasteiger partial charge in [-0.15, -0.1) is 24.0 Å². The summed E-state index contributed by atoms with van der Waals surface area (Å²) in [5.41, 5.74) is 5.63. The molecule has 114 valence electrons. The van der Waals surface area contributed by atoms with Crippen LogP contribution in [0.5, 0.6) is 0 Å². The SMILES string of the molecule is CCOC(=O)c1ccc(CN=C(N)NCCOC)o1.I. The molecule has 1 rings (SSSR count). The average Bonchev–Trinajstić information content (AvgIpc) is 2.86. The lowest BCUT2D eigenvalue weighted by atomic mass is 10.4. The summed E-state index contributed by atoms with van der Waals surface area (Å²) in [6.07, 6.45) is 0. The molecule has 1 aromatic heterocycles. The summed E-state index contributed by atoms with van der Waals surface area (Å²) in [5.74, 6) is 0.521. The van der Waals surface area contributed by atoms with Gasteiger partial charge in [-0.05, 0) is 19.1 Å². The molecular weight excluding hydrogens is 377 g/mol. The molecule has 1 heterocycles. The highest BCUT2D eigenvalue weighted by Gasteiger charge is 2.11. The quantitative estimate of drug-likeness (QED) is 0.235. The van der Waals surface area contributed by atoms with Gasteiger partial charge in [-0.3, -0.25) is 0 Å². The van der Waals surface area contributed by atoms with Crippen LogP contribution in [0.15, 0.2) is 21.5 Å². The maximum absolute atomic E-state index is 11.4. The number of carbonyl (C=O) groups is 1. The predicted octanol–water partition coefficient (Wildman–Crippen LogP) is 1.12. The third kappa shape index (κ3) is 6.75. The zero-order chi connectivity index (χ0) is 14.1. The van der Waals surface area contributed by atoms with Crippen molar-refractivity contribution >= 4 is 35.9 Å². The Balaban J connectivity index is 0.00000361. The molecule has 8 heteroatoms. The van der Waals surface area contributed by atoms with Crippen LogP contribution in [0.1, 0.15) is 23.2 Å². The van der Waals surface area contributed by atoms with Crippen LogP contribution in [0.4, 0.5) is 0 Å². The number of hydrogen-bond donors (Lipinski definition) is 2. The van der Waals surface area contributed by atoms with Crippen LogP contribution in [0.25, 0.3) is 0 Å². The molecule has 20 heavy (non-hydrogen) atoms. The second-order valence-corrected chi connectivity index (χ2v) is 3.61. The van der Waals surface area contributed by atoms with Gasteiger partial charge < -0.3 is 24.9 Å². The topological polar surface area (TPSA) is 99.1 Å². The van der Waals surface area contributed by atoms with Crippen LogP contribution < -0.4 is 11.1 Å². The molecule has 0 unspecified atom stereocenters. The van der Waals surface area contributed by atoms with Gasteiger partial charge >= 0.3 is 5.97 Å². The van der Waals surface area contributed by atoms with Gasteiger partial charge in [0.05, 0.1) is 13.2 Å². The Labute approximate surface area is 134 Å². The molecule has 0 atom stereocenters. The number of nitrogens with zero attached hydrogens (tertiary/aromatic N) is 1. The van der Waals surface area contributed by atoms with Gasteiger partial charge in [0.25, 0.3) is 0 Å². The van der Waals surface area contributed by atoms with Crippen molar-refractivity contribution in [1.29, 1.82) is 0 Å². The highest BCUT2D eigenvalue weighted by atomic mass is 127. The fraction of sp³-hybridized carbons (Fsp3) is 0.500. The van der Waals surface area contributed by atoms with Crippen molar-refractivity contribution in [1.82, 2.24) is 5.32 Å². The van der Waals surface area contributed by atoms with Crippen LogP contribution >= 0.6 is 24.0 Å². The number of aliphatic imine (C=N–C) groups is 1. The highest BCUT2D eigenvalue weighted by Crippen LogP contribution is 2.10. The van der Waals surface area contributed by atoms with Crippen LogP contribution in [0.2, 0.25) is 0 Å². The molecule has 0 radical (unpaired) electrons. The number of carbonyl (C=O) groups excluding carboxylic acids is 1. The Morgan fingerprint density at radius 2 is 2.25 bits per heavy atom. The van der Waals surface area contributed by atoms with E-state index in [1.165, 1.54) is 0 Å². The van der Waals surface area contributed by atoms with Crippen molar-refractivity contribution in [2.24, 2.45) is 10.7 Å². The van der Waals surface area contributed by atoms with E-state index in [4.69, 9.17) is 19.6 Å². The van der Waals surface area contributed by atoms with Crippen molar-refractivity contribution in [2.45, 2.75) is 13.5 Å². The number of methoxy groups -OCH3 is 1. The lowest BCUT2D eigenvalue weighted by molar-refractivity contribution is 0.0488. The number of guanidine groups is 1. The number of esters is 1. The smallest absolute Gasteiger partial charge is 0.374 e. The van der Waals surface area contributed by atoms with Gasteiger partial charge in [0.2, 0.25) is 5.76 Å². The summed E-state index contributed by atoms with van der Waals surface area (Å²) in [4.78, 5) is 15.4. The van der Waals surface area contributed by atoms with E-state index in [0.29, 0.717) is 31.5 Å². The third-order valence-electron chi connectivity index (χ3n) is 2.16. The number of furan rings is 1. The molecule has 0 aliphatic rings. The maximum atomic E-state index is 11.4. The minimum atomic E-state index is -0.482. The molecule has 0 saturated heterocycles. The molecule has 1 aromatic rings. The number of halogens is 1. The predicted molar refractivity (Wildman–Crippen MR) is 85.3 cm³/mol. The molecule has 7 nitrogen and oxygen atoms in total. The van der Waals surface area contributed by atoms with E-state index in [1.807, 2.05) is 0 Å². The second kappa shape index (κ2) is 10.5. The fourth-order valence-electron chi connectivity index (χ4n) is 1.27. The average molecular weight is 397 g/mol. The molecule has 3 N–H and O–H groups in total. The molecular formula is C12H20IN3O4.